The number of fused-ring (bicyclic) bond motifs is 1. The summed E-state index contributed by atoms with van der Waals surface area (Å²) >= 11 is 0. The number of aryl methyl sites for hydroxylation is 1. The van der Waals surface area contributed by atoms with Gasteiger partial charge in [0.05, 0.1) is 23.7 Å². The second kappa shape index (κ2) is 5.45. The standard InChI is InChI=1S/C18H13FN2O/c1-12-8-18(22)21(17-7-6-15(19)9-16(12)17)11-14-4-2-13(10-20)3-5-14/h2-9H,11H2,1H3. The molecule has 4 heteroatoms. The molecule has 2 aromatic carbocycles. The maximum atomic E-state index is 13.4. The maximum Gasteiger partial charge on any atom is 0.251 e. The fourth-order valence-electron chi connectivity index (χ4n) is 2.55. The number of nitriles is 1. The third kappa shape index (κ3) is 2.49. The molecule has 3 nitrogen and oxygen atoms in total. The molecule has 0 unspecified atom stereocenters. The van der Waals surface area contributed by atoms with Crippen molar-refractivity contribution in [3.8, 4) is 6.07 Å². The molecule has 0 aliphatic heterocycles. The van der Waals surface area contributed by atoms with E-state index in [9.17, 15) is 9.18 Å². The molecular weight excluding hydrogens is 279 g/mol. The Kier molecular flexibility index (Phi) is 3.48. The van der Waals surface area contributed by atoms with Crippen molar-refractivity contribution in [1.82, 2.24) is 4.57 Å². The summed E-state index contributed by atoms with van der Waals surface area (Å²) in [5.41, 5.74) is 2.83. The van der Waals surface area contributed by atoms with E-state index in [1.165, 1.54) is 18.2 Å². The van der Waals surface area contributed by atoms with Crippen molar-refractivity contribution in [1.29, 1.82) is 5.26 Å². The Balaban J connectivity index is 2.14. The zero-order chi connectivity index (χ0) is 15.7. The molecule has 0 bridgehead atoms. The van der Waals surface area contributed by atoms with Crippen molar-refractivity contribution in [2.45, 2.75) is 13.5 Å². The van der Waals surface area contributed by atoms with E-state index in [1.807, 2.05) is 12.1 Å². The van der Waals surface area contributed by atoms with Gasteiger partial charge in [-0.25, -0.2) is 4.39 Å². The lowest BCUT2D eigenvalue weighted by atomic mass is 10.1. The summed E-state index contributed by atoms with van der Waals surface area (Å²) in [5.74, 6) is -0.320. The fraction of sp³-hybridized carbons (Fsp3) is 0.111. The minimum atomic E-state index is -0.320. The summed E-state index contributed by atoms with van der Waals surface area (Å²) < 4.78 is 15.1. The highest BCUT2D eigenvalue weighted by Crippen LogP contribution is 2.19. The zero-order valence-corrected chi connectivity index (χ0v) is 12.0. The van der Waals surface area contributed by atoms with Crippen molar-refractivity contribution in [3.63, 3.8) is 0 Å². The molecule has 1 aromatic heterocycles. The number of benzene rings is 2. The van der Waals surface area contributed by atoms with E-state index in [0.717, 1.165) is 16.5 Å². The first-order valence-corrected chi connectivity index (χ1v) is 6.87. The van der Waals surface area contributed by atoms with E-state index in [0.29, 0.717) is 17.6 Å². The van der Waals surface area contributed by atoms with Crippen LogP contribution in [0.5, 0.6) is 0 Å². The Labute approximate surface area is 126 Å². The normalized spacial score (nSPS) is 10.6. The smallest absolute Gasteiger partial charge is 0.251 e. The van der Waals surface area contributed by atoms with Crippen molar-refractivity contribution >= 4 is 10.9 Å². The summed E-state index contributed by atoms with van der Waals surface area (Å²) in [5, 5.41) is 9.55. The van der Waals surface area contributed by atoms with Gasteiger partial charge in [-0.2, -0.15) is 5.26 Å². The van der Waals surface area contributed by atoms with E-state index in [2.05, 4.69) is 6.07 Å². The Morgan fingerprint density at radius 3 is 2.55 bits per heavy atom. The van der Waals surface area contributed by atoms with E-state index < -0.39 is 0 Å². The largest absolute Gasteiger partial charge is 0.304 e. The molecule has 22 heavy (non-hydrogen) atoms. The molecule has 3 aromatic rings. The third-order valence-corrected chi connectivity index (χ3v) is 3.70. The number of hydrogen-bond donors (Lipinski definition) is 0. The summed E-state index contributed by atoms with van der Waals surface area (Å²) in [6, 6.07) is 15.1. The second-order valence-electron chi connectivity index (χ2n) is 5.22. The summed E-state index contributed by atoms with van der Waals surface area (Å²) in [4.78, 5) is 12.3. The van der Waals surface area contributed by atoms with Crippen LogP contribution in [0, 0.1) is 24.1 Å². The second-order valence-corrected chi connectivity index (χ2v) is 5.22. The molecule has 0 atom stereocenters. The predicted octanol–water partition coefficient (Wildman–Crippen LogP) is 3.37. The van der Waals surface area contributed by atoms with E-state index in [-0.39, 0.29) is 11.4 Å². The quantitative estimate of drug-likeness (QED) is 0.727. The van der Waals surface area contributed by atoms with Crippen molar-refractivity contribution in [3.05, 3.63) is 81.4 Å². The number of halogens is 1. The molecule has 0 spiro atoms. The molecule has 0 N–H and O–H groups in total. The van der Waals surface area contributed by atoms with Crippen LogP contribution in [0.15, 0.2) is 53.3 Å². The maximum absolute atomic E-state index is 13.4. The van der Waals surface area contributed by atoms with E-state index in [4.69, 9.17) is 5.26 Å². The number of hydrogen-bond acceptors (Lipinski definition) is 2. The molecule has 0 radical (unpaired) electrons. The van der Waals surface area contributed by atoms with Gasteiger partial charge in [-0.15, -0.1) is 0 Å². The molecule has 0 saturated carbocycles. The van der Waals surface area contributed by atoms with Gasteiger partial charge in [0, 0.05) is 11.5 Å². The van der Waals surface area contributed by atoms with Crippen molar-refractivity contribution in [2.24, 2.45) is 0 Å². The summed E-state index contributed by atoms with van der Waals surface area (Å²) in [6.45, 7) is 2.18. The molecule has 0 aliphatic carbocycles. The number of pyridine rings is 1. The third-order valence-electron chi connectivity index (χ3n) is 3.70. The van der Waals surface area contributed by atoms with E-state index in [1.54, 1.807) is 29.7 Å². The van der Waals surface area contributed by atoms with Crippen LogP contribution in [-0.2, 0) is 6.54 Å². The van der Waals surface area contributed by atoms with Gasteiger partial charge in [0.15, 0.2) is 0 Å². The SMILES string of the molecule is Cc1cc(=O)n(Cc2ccc(C#N)cc2)c2ccc(F)cc12. The van der Waals surface area contributed by atoms with Gasteiger partial charge < -0.3 is 4.57 Å². The molecule has 1 heterocycles. The van der Waals surface area contributed by atoms with Gasteiger partial charge in [0.1, 0.15) is 5.82 Å². The molecule has 108 valence electrons. The molecule has 0 aliphatic rings. The van der Waals surface area contributed by atoms with Gasteiger partial charge in [-0.1, -0.05) is 12.1 Å². The monoisotopic (exact) mass is 292 g/mol. The van der Waals surface area contributed by atoms with E-state index >= 15 is 0 Å². The molecule has 3 rings (SSSR count). The lowest BCUT2D eigenvalue weighted by Crippen LogP contribution is -2.21. The van der Waals surface area contributed by atoms with Crippen molar-refractivity contribution in [2.75, 3.05) is 0 Å². The summed E-state index contributed by atoms with van der Waals surface area (Å²) in [6.07, 6.45) is 0. The first kappa shape index (κ1) is 14.0. The van der Waals surface area contributed by atoms with Crippen LogP contribution < -0.4 is 5.56 Å². The lowest BCUT2D eigenvalue weighted by molar-refractivity contribution is 0.629. The Morgan fingerprint density at radius 1 is 1.14 bits per heavy atom. The van der Waals surface area contributed by atoms with Crippen LogP contribution in [-0.4, -0.2) is 4.57 Å². The average Bonchev–Trinajstić information content (AvgIpc) is 2.52. The van der Waals surface area contributed by atoms with Crippen molar-refractivity contribution < 1.29 is 4.39 Å². The highest BCUT2D eigenvalue weighted by Gasteiger charge is 2.08. The van der Waals surface area contributed by atoms with Gasteiger partial charge >= 0.3 is 0 Å². The number of aromatic nitrogens is 1. The van der Waals surface area contributed by atoms with Crippen LogP contribution in [0.3, 0.4) is 0 Å². The Morgan fingerprint density at radius 2 is 1.86 bits per heavy atom. The number of nitrogens with zero attached hydrogens (tertiary/aromatic N) is 2. The topological polar surface area (TPSA) is 45.8 Å². The predicted molar refractivity (Wildman–Crippen MR) is 83.2 cm³/mol. The van der Waals surface area contributed by atoms with Crippen LogP contribution in [0.25, 0.3) is 10.9 Å². The molecular formula is C18H13FN2O. The van der Waals surface area contributed by atoms with Gasteiger partial charge in [0.25, 0.3) is 5.56 Å². The minimum absolute atomic E-state index is 0.124. The first-order valence-electron chi connectivity index (χ1n) is 6.87. The zero-order valence-electron chi connectivity index (χ0n) is 12.0. The van der Waals surface area contributed by atoms with Gasteiger partial charge in [-0.3, -0.25) is 4.79 Å². The molecule has 0 fully saturated rings. The number of rotatable bonds is 2. The van der Waals surface area contributed by atoms with Crippen LogP contribution in [0.2, 0.25) is 0 Å². The van der Waals surface area contributed by atoms with Gasteiger partial charge in [-0.05, 0) is 48.4 Å². The molecule has 0 amide bonds. The van der Waals surface area contributed by atoms with Crippen LogP contribution in [0.4, 0.5) is 4.39 Å². The minimum Gasteiger partial charge on any atom is -0.304 e. The molecule has 0 saturated heterocycles. The summed E-state index contributed by atoms with van der Waals surface area (Å²) in [7, 11) is 0. The highest BCUT2D eigenvalue weighted by molar-refractivity contribution is 5.82. The highest BCUT2D eigenvalue weighted by atomic mass is 19.1. The van der Waals surface area contributed by atoms with Gasteiger partial charge in [0.2, 0.25) is 0 Å². The van der Waals surface area contributed by atoms with Crippen LogP contribution in [0.1, 0.15) is 16.7 Å². The Bertz CT molecular complexity index is 950. The first-order chi connectivity index (χ1) is 10.6. The Hall–Kier alpha value is -2.93. The fourth-order valence-corrected chi connectivity index (χ4v) is 2.55. The lowest BCUT2D eigenvalue weighted by Gasteiger charge is -2.12. The van der Waals surface area contributed by atoms with Crippen LogP contribution >= 0.6 is 0 Å². The average molecular weight is 292 g/mol.